The summed E-state index contributed by atoms with van der Waals surface area (Å²) >= 11 is 0. The maximum absolute atomic E-state index is 12.4. The van der Waals surface area contributed by atoms with Gasteiger partial charge in [-0.1, -0.05) is 0 Å². The molecule has 0 bridgehead atoms. The van der Waals surface area contributed by atoms with Gasteiger partial charge in [-0.25, -0.2) is 4.98 Å². The topological polar surface area (TPSA) is 126 Å². The van der Waals surface area contributed by atoms with Gasteiger partial charge in [0.25, 0.3) is 5.91 Å². The SMILES string of the molecule is Cc1nc(N2CCN(C(=O)c3ccco3)CC2)nc(N2CCS(=O)CC2)c1[N+](=O)[O-]. The van der Waals surface area contributed by atoms with Crippen molar-refractivity contribution in [3.63, 3.8) is 0 Å². The van der Waals surface area contributed by atoms with Gasteiger partial charge in [0.05, 0.1) is 11.2 Å². The van der Waals surface area contributed by atoms with E-state index in [4.69, 9.17) is 4.42 Å². The first kappa shape index (κ1) is 20.3. The number of rotatable bonds is 4. The second-order valence-electron chi connectivity index (χ2n) is 7.13. The number of anilines is 2. The van der Waals surface area contributed by atoms with Gasteiger partial charge < -0.3 is 19.1 Å². The van der Waals surface area contributed by atoms with Crippen molar-refractivity contribution in [2.45, 2.75) is 6.92 Å². The van der Waals surface area contributed by atoms with E-state index in [2.05, 4.69) is 9.97 Å². The van der Waals surface area contributed by atoms with Gasteiger partial charge in [-0.2, -0.15) is 4.98 Å². The summed E-state index contributed by atoms with van der Waals surface area (Å²) in [5, 5.41) is 11.6. The number of nitro groups is 1. The van der Waals surface area contributed by atoms with E-state index in [9.17, 15) is 19.1 Å². The molecule has 2 aromatic rings. The van der Waals surface area contributed by atoms with E-state index in [0.717, 1.165) is 0 Å². The van der Waals surface area contributed by atoms with Crippen molar-refractivity contribution in [1.82, 2.24) is 14.9 Å². The minimum absolute atomic E-state index is 0.113. The fourth-order valence-corrected chi connectivity index (χ4v) is 4.68. The molecule has 0 aliphatic carbocycles. The van der Waals surface area contributed by atoms with Crippen molar-refractivity contribution >= 4 is 34.2 Å². The summed E-state index contributed by atoms with van der Waals surface area (Å²) in [7, 11) is -0.899. The first-order valence-corrected chi connectivity index (χ1v) is 11.1. The Bertz CT molecular complexity index is 964. The summed E-state index contributed by atoms with van der Waals surface area (Å²) in [6, 6.07) is 3.31. The number of hydrogen-bond acceptors (Lipinski definition) is 9. The predicted octanol–water partition coefficient (Wildman–Crippen LogP) is 0.817. The Kier molecular flexibility index (Phi) is 5.66. The largest absolute Gasteiger partial charge is 0.459 e. The van der Waals surface area contributed by atoms with E-state index < -0.39 is 15.7 Å². The molecule has 0 spiro atoms. The predicted molar refractivity (Wildman–Crippen MR) is 110 cm³/mol. The van der Waals surface area contributed by atoms with Gasteiger partial charge in [-0.05, 0) is 19.1 Å². The minimum atomic E-state index is -0.899. The highest BCUT2D eigenvalue weighted by Gasteiger charge is 2.31. The summed E-state index contributed by atoms with van der Waals surface area (Å²) in [6.07, 6.45) is 1.47. The fraction of sp³-hybridized carbons (Fsp3) is 0.500. The summed E-state index contributed by atoms with van der Waals surface area (Å²) in [5.41, 5.74) is 0.179. The van der Waals surface area contributed by atoms with Crippen molar-refractivity contribution < 1.29 is 18.3 Å². The number of piperazine rings is 1. The van der Waals surface area contributed by atoms with E-state index in [1.807, 2.05) is 9.80 Å². The van der Waals surface area contributed by atoms with E-state index in [1.54, 1.807) is 24.0 Å². The van der Waals surface area contributed by atoms with Gasteiger partial charge in [0, 0.05) is 61.6 Å². The molecular weight excluding hydrogens is 412 g/mol. The molecule has 2 fully saturated rings. The zero-order chi connectivity index (χ0) is 21.3. The van der Waals surface area contributed by atoms with Crippen LogP contribution in [0.4, 0.5) is 17.5 Å². The summed E-state index contributed by atoms with van der Waals surface area (Å²) in [6.45, 7) is 4.46. The van der Waals surface area contributed by atoms with Gasteiger partial charge in [-0.3, -0.25) is 19.1 Å². The van der Waals surface area contributed by atoms with Crippen molar-refractivity contribution in [3.8, 4) is 0 Å². The first-order chi connectivity index (χ1) is 14.4. The molecule has 2 saturated heterocycles. The summed E-state index contributed by atoms with van der Waals surface area (Å²) in [4.78, 5) is 38.0. The molecule has 2 aliphatic rings. The lowest BCUT2D eigenvalue weighted by Crippen LogP contribution is -2.49. The second-order valence-corrected chi connectivity index (χ2v) is 8.83. The highest BCUT2D eigenvalue weighted by molar-refractivity contribution is 7.85. The number of aromatic nitrogens is 2. The van der Waals surface area contributed by atoms with Crippen LogP contribution in [-0.2, 0) is 10.8 Å². The van der Waals surface area contributed by atoms with Gasteiger partial charge in [-0.15, -0.1) is 0 Å². The van der Waals surface area contributed by atoms with Crippen LogP contribution in [0.5, 0.6) is 0 Å². The summed E-state index contributed by atoms with van der Waals surface area (Å²) in [5.74, 6) is 1.74. The molecular formula is C18H22N6O5S. The molecule has 1 amide bonds. The third-order valence-electron chi connectivity index (χ3n) is 5.27. The van der Waals surface area contributed by atoms with Crippen molar-refractivity contribution in [3.05, 3.63) is 40.0 Å². The average molecular weight is 434 g/mol. The highest BCUT2D eigenvalue weighted by atomic mass is 32.2. The first-order valence-electron chi connectivity index (χ1n) is 9.64. The normalized spacial score (nSPS) is 18.0. The quantitative estimate of drug-likeness (QED) is 0.508. The van der Waals surface area contributed by atoms with Crippen LogP contribution >= 0.6 is 0 Å². The molecule has 0 unspecified atom stereocenters. The number of hydrogen-bond donors (Lipinski definition) is 0. The zero-order valence-electron chi connectivity index (χ0n) is 16.5. The lowest BCUT2D eigenvalue weighted by molar-refractivity contribution is -0.385. The number of carbonyl (C=O) groups is 1. The molecule has 2 aliphatic heterocycles. The van der Waals surface area contributed by atoms with Crippen molar-refractivity contribution in [2.75, 3.05) is 60.6 Å². The van der Waals surface area contributed by atoms with E-state index in [1.165, 1.54) is 6.26 Å². The number of amides is 1. The molecule has 160 valence electrons. The van der Waals surface area contributed by atoms with Gasteiger partial charge >= 0.3 is 5.69 Å². The van der Waals surface area contributed by atoms with Crippen LogP contribution in [-0.4, -0.2) is 80.7 Å². The highest BCUT2D eigenvalue weighted by Crippen LogP contribution is 2.31. The fourth-order valence-electron chi connectivity index (χ4n) is 3.63. The Hall–Kier alpha value is -3.02. The van der Waals surface area contributed by atoms with Crippen LogP contribution in [0.25, 0.3) is 0 Å². The molecule has 2 aromatic heterocycles. The molecule has 0 radical (unpaired) electrons. The van der Waals surface area contributed by atoms with Crippen LogP contribution in [0.3, 0.4) is 0 Å². The molecule has 11 nitrogen and oxygen atoms in total. The van der Waals surface area contributed by atoms with E-state index in [-0.39, 0.29) is 17.4 Å². The molecule has 0 saturated carbocycles. The number of nitrogens with zero attached hydrogens (tertiary/aromatic N) is 6. The Balaban J connectivity index is 1.54. The number of carbonyl (C=O) groups excluding carboxylic acids is 1. The maximum Gasteiger partial charge on any atom is 0.332 e. The van der Waals surface area contributed by atoms with Gasteiger partial charge in [0.2, 0.25) is 11.8 Å². The van der Waals surface area contributed by atoms with Crippen molar-refractivity contribution in [2.24, 2.45) is 0 Å². The van der Waals surface area contributed by atoms with Gasteiger partial charge in [0.15, 0.2) is 5.76 Å². The Morgan fingerprint density at radius 3 is 2.43 bits per heavy atom. The molecule has 4 heterocycles. The summed E-state index contributed by atoms with van der Waals surface area (Å²) < 4.78 is 16.9. The second kappa shape index (κ2) is 8.38. The third kappa shape index (κ3) is 3.99. The Labute approximate surface area is 175 Å². The Morgan fingerprint density at radius 2 is 1.83 bits per heavy atom. The molecule has 12 heteroatoms. The van der Waals surface area contributed by atoms with Crippen LogP contribution in [0.15, 0.2) is 22.8 Å². The smallest absolute Gasteiger partial charge is 0.332 e. The Morgan fingerprint density at radius 1 is 1.13 bits per heavy atom. The molecule has 4 rings (SSSR count). The zero-order valence-corrected chi connectivity index (χ0v) is 17.3. The van der Waals surface area contributed by atoms with Crippen LogP contribution < -0.4 is 9.80 Å². The molecule has 30 heavy (non-hydrogen) atoms. The van der Waals surface area contributed by atoms with E-state index >= 15 is 0 Å². The lowest BCUT2D eigenvalue weighted by atomic mass is 10.3. The molecule has 0 N–H and O–H groups in total. The van der Waals surface area contributed by atoms with Crippen LogP contribution in [0.1, 0.15) is 16.2 Å². The van der Waals surface area contributed by atoms with Crippen LogP contribution in [0.2, 0.25) is 0 Å². The molecule has 0 aromatic carbocycles. The third-order valence-corrected chi connectivity index (χ3v) is 6.55. The lowest BCUT2D eigenvalue weighted by Gasteiger charge is -2.35. The van der Waals surface area contributed by atoms with Crippen molar-refractivity contribution in [1.29, 1.82) is 0 Å². The monoisotopic (exact) mass is 434 g/mol. The standard InChI is InChI=1S/C18H22N6O5S/c1-13-15(24(26)27)16(21-8-11-30(28)12-9-21)20-18(19-13)23-6-4-22(5-7-23)17(25)14-3-2-10-29-14/h2-3,10H,4-9,11-12H2,1H3. The number of furan rings is 1. The molecule has 0 atom stereocenters. The van der Waals surface area contributed by atoms with Gasteiger partial charge in [0.1, 0.15) is 5.69 Å². The number of aryl methyl sites for hydroxylation is 1. The van der Waals surface area contributed by atoms with Crippen LogP contribution in [0, 0.1) is 17.0 Å². The maximum atomic E-state index is 12.4. The van der Waals surface area contributed by atoms with E-state index in [0.29, 0.717) is 68.2 Å². The average Bonchev–Trinajstić information content (AvgIpc) is 3.28. The minimum Gasteiger partial charge on any atom is -0.459 e.